The molecule has 1 saturated carbocycles. The van der Waals surface area contributed by atoms with E-state index in [1.54, 1.807) is 0 Å². The van der Waals surface area contributed by atoms with Crippen molar-refractivity contribution in [2.45, 2.75) is 38.1 Å². The SMILES string of the molecule is CCCC1CC1NCC1COc2ccccc21. The van der Waals surface area contributed by atoms with E-state index in [1.807, 2.05) is 6.07 Å². The summed E-state index contributed by atoms with van der Waals surface area (Å²) in [7, 11) is 0. The Hall–Kier alpha value is -1.02. The van der Waals surface area contributed by atoms with E-state index in [0.717, 1.165) is 30.9 Å². The van der Waals surface area contributed by atoms with Crippen LogP contribution < -0.4 is 10.1 Å². The molecule has 3 atom stereocenters. The zero-order valence-corrected chi connectivity index (χ0v) is 10.5. The summed E-state index contributed by atoms with van der Waals surface area (Å²) in [6.07, 6.45) is 4.08. The van der Waals surface area contributed by atoms with Crippen molar-refractivity contribution < 1.29 is 4.74 Å². The molecule has 0 bridgehead atoms. The van der Waals surface area contributed by atoms with Crippen LogP contribution in [0.15, 0.2) is 24.3 Å². The average Bonchev–Trinajstić information content (AvgIpc) is 2.97. The fourth-order valence-corrected chi connectivity index (χ4v) is 2.88. The highest BCUT2D eigenvalue weighted by Gasteiger charge is 2.36. The molecule has 1 aliphatic heterocycles. The minimum Gasteiger partial charge on any atom is -0.493 e. The molecule has 3 rings (SSSR count). The van der Waals surface area contributed by atoms with E-state index in [2.05, 4.69) is 30.4 Å². The van der Waals surface area contributed by atoms with Gasteiger partial charge in [-0.05, 0) is 24.8 Å². The van der Waals surface area contributed by atoms with Gasteiger partial charge in [-0.25, -0.2) is 0 Å². The molecule has 0 spiro atoms. The standard InChI is InChI=1S/C15H21NO/c1-2-5-11-8-14(11)16-9-12-10-17-15-7-4-3-6-13(12)15/h3-4,6-7,11-12,14,16H,2,5,8-10H2,1H3. The second kappa shape index (κ2) is 4.69. The van der Waals surface area contributed by atoms with E-state index in [0.29, 0.717) is 5.92 Å². The van der Waals surface area contributed by atoms with Crippen molar-refractivity contribution in [3.8, 4) is 5.75 Å². The number of fused-ring (bicyclic) bond motifs is 1. The topological polar surface area (TPSA) is 21.3 Å². The van der Waals surface area contributed by atoms with Gasteiger partial charge in [-0.1, -0.05) is 31.5 Å². The van der Waals surface area contributed by atoms with Crippen molar-refractivity contribution in [1.82, 2.24) is 5.32 Å². The Morgan fingerprint density at radius 3 is 3.12 bits per heavy atom. The first-order valence-corrected chi connectivity index (χ1v) is 6.83. The molecule has 0 saturated heterocycles. The average molecular weight is 231 g/mol. The quantitative estimate of drug-likeness (QED) is 0.841. The number of rotatable bonds is 5. The highest BCUT2D eigenvalue weighted by Crippen LogP contribution is 2.37. The molecule has 2 aliphatic rings. The summed E-state index contributed by atoms with van der Waals surface area (Å²) in [5, 5.41) is 3.69. The maximum Gasteiger partial charge on any atom is 0.122 e. The molecular weight excluding hydrogens is 210 g/mol. The van der Waals surface area contributed by atoms with Gasteiger partial charge in [-0.3, -0.25) is 0 Å². The second-order valence-corrected chi connectivity index (χ2v) is 5.34. The van der Waals surface area contributed by atoms with Gasteiger partial charge >= 0.3 is 0 Å². The zero-order chi connectivity index (χ0) is 11.7. The zero-order valence-electron chi connectivity index (χ0n) is 10.5. The molecule has 0 amide bonds. The van der Waals surface area contributed by atoms with Gasteiger partial charge in [0.25, 0.3) is 0 Å². The Kier molecular flexibility index (Phi) is 3.06. The lowest BCUT2D eigenvalue weighted by atomic mass is 10.0. The number of ether oxygens (including phenoxy) is 1. The fraction of sp³-hybridized carbons (Fsp3) is 0.600. The smallest absolute Gasteiger partial charge is 0.122 e. The molecule has 1 aromatic carbocycles. The van der Waals surface area contributed by atoms with Gasteiger partial charge < -0.3 is 10.1 Å². The van der Waals surface area contributed by atoms with Crippen LogP contribution in [0.4, 0.5) is 0 Å². The van der Waals surface area contributed by atoms with E-state index >= 15 is 0 Å². The summed E-state index contributed by atoms with van der Waals surface area (Å²) in [5.41, 5.74) is 1.38. The van der Waals surface area contributed by atoms with Gasteiger partial charge in [-0.15, -0.1) is 0 Å². The first kappa shape index (κ1) is 11.1. The van der Waals surface area contributed by atoms with Crippen LogP contribution in [0.3, 0.4) is 0 Å². The lowest BCUT2D eigenvalue weighted by Gasteiger charge is -2.10. The Morgan fingerprint density at radius 2 is 2.24 bits per heavy atom. The Labute approximate surface area is 103 Å². The Balaban J connectivity index is 1.51. The number of hydrogen-bond donors (Lipinski definition) is 1. The summed E-state index contributed by atoms with van der Waals surface area (Å²) in [4.78, 5) is 0. The fourth-order valence-electron chi connectivity index (χ4n) is 2.88. The first-order chi connectivity index (χ1) is 8.38. The Morgan fingerprint density at radius 1 is 1.35 bits per heavy atom. The third kappa shape index (κ3) is 2.32. The third-order valence-electron chi connectivity index (χ3n) is 4.01. The van der Waals surface area contributed by atoms with Crippen LogP contribution >= 0.6 is 0 Å². The van der Waals surface area contributed by atoms with E-state index in [4.69, 9.17) is 4.74 Å². The summed E-state index contributed by atoms with van der Waals surface area (Å²) in [6.45, 7) is 4.19. The lowest BCUT2D eigenvalue weighted by Crippen LogP contribution is -2.25. The van der Waals surface area contributed by atoms with Crippen molar-refractivity contribution in [3.63, 3.8) is 0 Å². The van der Waals surface area contributed by atoms with E-state index in [9.17, 15) is 0 Å². The van der Waals surface area contributed by atoms with Crippen molar-refractivity contribution in [1.29, 1.82) is 0 Å². The molecule has 1 N–H and O–H groups in total. The van der Waals surface area contributed by atoms with Crippen LogP contribution in [0, 0.1) is 5.92 Å². The number of benzene rings is 1. The second-order valence-electron chi connectivity index (χ2n) is 5.34. The predicted octanol–water partition coefficient (Wildman–Crippen LogP) is 2.94. The summed E-state index contributed by atoms with van der Waals surface area (Å²) < 4.78 is 5.70. The van der Waals surface area contributed by atoms with Gasteiger partial charge in [0.05, 0.1) is 6.61 Å². The molecule has 17 heavy (non-hydrogen) atoms. The minimum absolute atomic E-state index is 0.550. The van der Waals surface area contributed by atoms with Crippen molar-refractivity contribution in [2.75, 3.05) is 13.2 Å². The lowest BCUT2D eigenvalue weighted by molar-refractivity contribution is 0.325. The Bertz CT molecular complexity index is 390. The van der Waals surface area contributed by atoms with Gasteiger partial charge in [0.2, 0.25) is 0 Å². The van der Waals surface area contributed by atoms with Gasteiger partial charge in [0, 0.05) is 24.1 Å². The molecule has 0 aromatic heterocycles. The van der Waals surface area contributed by atoms with Gasteiger partial charge in [-0.2, -0.15) is 0 Å². The predicted molar refractivity (Wildman–Crippen MR) is 69.5 cm³/mol. The van der Waals surface area contributed by atoms with Crippen molar-refractivity contribution in [3.05, 3.63) is 29.8 Å². The van der Waals surface area contributed by atoms with Gasteiger partial charge in [0.15, 0.2) is 0 Å². The summed E-state index contributed by atoms with van der Waals surface area (Å²) in [5.74, 6) is 2.58. The third-order valence-corrected chi connectivity index (χ3v) is 4.01. The molecule has 1 heterocycles. The molecule has 1 fully saturated rings. The van der Waals surface area contributed by atoms with Crippen molar-refractivity contribution in [2.24, 2.45) is 5.92 Å². The molecule has 92 valence electrons. The number of para-hydroxylation sites is 1. The van der Waals surface area contributed by atoms with Crippen LogP contribution in [0.1, 0.15) is 37.7 Å². The normalized spacial score (nSPS) is 29.8. The van der Waals surface area contributed by atoms with Crippen molar-refractivity contribution >= 4 is 0 Å². The highest BCUT2D eigenvalue weighted by atomic mass is 16.5. The maximum atomic E-state index is 5.70. The number of nitrogens with one attached hydrogen (secondary N) is 1. The highest BCUT2D eigenvalue weighted by molar-refractivity contribution is 5.39. The van der Waals surface area contributed by atoms with Gasteiger partial charge in [0.1, 0.15) is 5.75 Å². The van der Waals surface area contributed by atoms with Crippen LogP contribution in [-0.4, -0.2) is 19.2 Å². The summed E-state index contributed by atoms with van der Waals surface area (Å²) in [6, 6.07) is 9.21. The molecular formula is C15H21NO. The van der Waals surface area contributed by atoms with Crippen LogP contribution in [0.25, 0.3) is 0 Å². The molecule has 0 radical (unpaired) electrons. The van der Waals surface area contributed by atoms with Crippen LogP contribution in [0.5, 0.6) is 5.75 Å². The monoisotopic (exact) mass is 231 g/mol. The van der Waals surface area contributed by atoms with E-state index < -0.39 is 0 Å². The minimum atomic E-state index is 0.550. The summed E-state index contributed by atoms with van der Waals surface area (Å²) >= 11 is 0. The molecule has 2 heteroatoms. The first-order valence-electron chi connectivity index (χ1n) is 6.83. The molecule has 1 aliphatic carbocycles. The molecule has 2 nitrogen and oxygen atoms in total. The molecule has 1 aromatic rings. The maximum absolute atomic E-state index is 5.70. The molecule has 3 unspecified atom stereocenters. The number of hydrogen-bond acceptors (Lipinski definition) is 2. The van der Waals surface area contributed by atoms with E-state index in [-0.39, 0.29) is 0 Å². The van der Waals surface area contributed by atoms with E-state index in [1.165, 1.54) is 24.8 Å². The largest absolute Gasteiger partial charge is 0.493 e. The van der Waals surface area contributed by atoms with Crippen LogP contribution in [-0.2, 0) is 0 Å². The van der Waals surface area contributed by atoms with Crippen LogP contribution in [0.2, 0.25) is 0 Å².